The van der Waals surface area contributed by atoms with Crippen molar-refractivity contribution in [2.45, 2.75) is 69.4 Å². The Morgan fingerprint density at radius 1 is 1.32 bits per heavy atom. The third-order valence-corrected chi connectivity index (χ3v) is 5.11. The minimum Gasteiger partial charge on any atom is -0.378 e. The minimum absolute atomic E-state index is 0.139. The molecule has 2 atom stereocenters. The van der Waals surface area contributed by atoms with E-state index in [1.165, 1.54) is 12.8 Å². The summed E-state index contributed by atoms with van der Waals surface area (Å²) in [6, 6.07) is 0.241. The van der Waals surface area contributed by atoms with E-state index in [0.717, 1.165) is 32.3 Å². The van der Waals surface area contributed by atoms with Gasteiger partial charge >= 0.3 is 0 Å². The first-order chi connectivity index (χ1) is 9.11. The van der Waals surface area contributed by atoms with E-state index in [0.29, 0.717) is 18.4 Å². The van der Waals surface area contributed by atoms with Crippen LogP contribution < -0.4 is 0 Å². The van der Waals surface area contributed by atoms with Gasteiger partial charge in [-0.25, -0.2) is 0 Å². The van der Waals surface area contributed by atoms with Gasteiger partial charge in [-0.1, -0.05) is 12.8 Å². The van der Waals surface area contributed by atoms with Gasteiger partial charge in [0, 0.05) is 26.1 Å². The molecule has 0 saturated heterocycles. The van der Waals surface area contributed by atoms with Crippen molar-refractivity contribution in [2.24, 2.45) is 5.92 Å². The monoisotopic (exact) mass is 287 g/mol. The molecule has 2 saturated carbocycles. The summed E-state index contributed by atoms with van der Waals surface area (Å²) in [6.45, 7) is 2.80. The van der Waals surface area contributed by atoms with Crippen LogP contribution in [0.2, 0.25) is 0 Å². The van der Waals surface area contributed by atoms with E-state index < -0.39 is 0 Å². The number of rotatable bonds is 5. The van der Waals surface area contributed by atoms with E-state index in [4.69, 9.17) is 16.3 Å². The van der Waals surface area contributed by atoms with Gasteiger partial charge in [0.1, 0.15) is 0 Å². The molecule has 2 unspecified atom stereocenters. The van der Waals surface area contributed by atoms with E-state index >= 15 is 0 Å². The van der Waals surface area contributed by atoms with E-state index in [1.54, 1.807) is 0 Å². The second-order valence-corrected chi connectivity index (χ2v) is 6.55. The molecule has 0 aromatic carbocycles. The van der Waals surface area contributed by atoms with Crippen LogP contribution in [0.25, 0.3) is 0 Å². The highest BCUT2D eigenvalue weighted by atomic mass is 35.5. The third-order valence-electron chi connectivity index (χ3n) is 4.60. The molecule has 4 heteroatoms. The van der Waals surface area contributed by atoms with Crippen molar-refractivity contribution in [1.82, 2.24) is 4.90 Å². The number of ether oxygens (including phenoxy) is 1. The van der Waals surface area contributed by atoms with Crippen molar-refractivity contribution in [3.63, 3.8) is 0 Å². The van der Waals surface area contributed by atoms with Crippen LogP contribution in [0.15, 0.2) is 0 Å². The lowest BCUT2D eigenvalue weighted by Gasteiger charge is -2.38. The first-order valence-corrected chi connectivity index (χ1v) is 8.06. The molecule has 2 fully saturated rings. The predicted molar refractivity (Wildman–Crippen MR) is 77.4 cm³/mol. The average molecular weight is 288 g/mol. The maximum Gasteiger partial charge on any atom is 0.222 e. The largest absolute Gasteiger partial charge is 0.378 e. The lowest BCUT2D eigenvalue weighted by molar-refractivity contribution is -0.135. The lowest BCUT2D eigenvalue weighted by Crippen LogP contribution is -2.45. The molecule has 0 aliphatic heterocycles. The summed E-state index contributed by atoms with van der Waals surface area (Å²) in [6.07, 6.45) is 7.64. The zero-order chi connectivity index (χ0) is 13.8. The van der Waals surface area contributed by atoms with Crippen molar-refractivity contribution in [3.8, 4) is 0 Å². The molecular formula is C15H26ClNO2. The van der Waals surface area contributed by atoms with Crippen LogP contribution in [0.1, 0.15) is 51.9 Å². The zero-order valence-corrected chi connectivity index (χ0v) is 12.9. The number of alkyl halides is 1. The molecule has 0 heterocycles. The van der Waals surface area contributed by atoms with Gasteiger partial charge in [0.15, 0.2) is 0 Å². The molecular weight excluding hydrogens is 262 g/mol. The Labute approximate surface area is 121 Å². The summed E-state index contributed by atoms with van der Waals surface area (Å²) in [4.78, 5) is 14.2. The second kappa shape index (κ2) is 6.94. The quantitative estimate of drug-likeness (QED) is 0.727. The summed E-state index contributed by atoms with van der Waals surface area (Å²) in [5, 5.41) is 0.139. The van der Waals surface area contributed by atoms with Gasteiger partial charge < -0.3 is 9.64 Å². The van der Waals surface area contributed by atoms with Crippen molar-refractivity contribution in [2.75, 3.05) is 13.7 Å². The Morgan fingerprint density at radius 3 is 2.63 bits per heavy atom. The molecule has 0 N–H and O–H groups in total. The highest BCUT2D eigenvalue weighted by Crippen LogP contribution is 2.34. The molecule has 1 amide bonds. The third kappa shape index (κ3) is 3.85. The summed E-state index contributed by atoms with van der Waals surface area (Å²) in [5.41, 5.74) is 0. The molecule has 0 aromatic heterocycles. The molecule has 0 radical (unpaired) electrons. The summed E-state index contributed by atoms with van der Waals surface area (Å²) >= 11 is 6.36. The maximum absolute atomic E-state index is 12.3. The Balaban J connectivity index is 1.74. The number of halogens is 1. The van der Waals surface area contributed by atoms with E-state index in [-0.39, 0.29) is 17.3 Å². The van der Waals surface area contributed by atoms with Gasteiger partial charge in [0.25, 0.3) is 0 Å². The number of carbonyl (C=O) groups is 1. The molecule has 19 heavy (non-hydrogen) atoms. The molecule has 2 rings (SSSR count). The minimum atomic E-state index is 0.139. The van der Waals surface area contributed by atoms with Gasteiger partial charge in [-0.15, -0.1) is 11.6 Å². The van der Waals surface area contributed by atoms with Crippen LogP contribution in [0.3, 0.4) is 0 Å². The van der Waals surface area contributed by atoms with E-state index in [2.05, 4.69) is 0 Å². The Hall–Kier alpha value is -0.280. The number of nitrogens with zero attached hydrogens (tertiary/aromatic N) is 1. The first-order valence-electron chi connectivity index (χ1n) is 7.63. The molecule has 0 spiro atoms. The van der Waals surface area contributed by atoms with E-state index in [9.17, 15) is 4.79 Å². The fourth-order valence-electron chi connectivity index (χ4n) is 3.29. The summed E-state index contributed by atoms with van der Waals surface area (Å²) in [7, 11) is 1.92. The number of hydrogen-bond donors (Lipinski definition) is 0. The van der Waals surface area contributed by atoms with Gasteiger partial charge in [-0.3, -0.25) is 4.79 Å². The fourth-order valence-corrected chi connectivity index (χ4v) is 3.74. The second-order valence-electron chi connectivity index (χ2n) is 5.99. The van der Waals surface area contributed by atoms with Gasteiger partial charge in [-0.2, -0.15) is 0 Å². The molecule has 110 valence electrons. The molecule has 0 bridgehead atoms. The van der Waals surface area contributed by atoms with Crippen LogP contribution in [0, 0.1) is 5.92 Å². The smallest absolute Gasteiger partial charge is 0.222 e. The van der Waals surface area contributed by atoms with Crippen LogP contribution in [0.5, 0.6) is 0 Å². The average Bonchev–Trinajstić information content (AvgIpc) is 2.36. The topological polar surface area (TPSA) is 29.5 Å². The summed E-state index contributed by atoms with van der Waals surface area (Å²) in [5.74, 6) is 0.779. The van der Waals surface area contributed by atoms with Crippen molar-refractivity contribution in [3.05, 3.63) is 0 Å². The molecule has 2 aliphatic rings. The van der Waals surface area contributed by atoms with Gasteiger partial charge in [0.2, 0.25) is 5.91 Å². The Bertz CT molecular complexity index is 305. The van der Waals surface area contributed by atoms with Crippen LogP contribution in [0.4, 0.5) is 0 Å². The zero-order valence-electron chi connectivity index (χ0n) is 12.1. The van der Waals surface area contributed by atoms with Crippen molar-refractivity contribution >= 4 is 17.5 Å². The predicted octanol–water partition coefficient (Wildman–Crippen LogP) is 3.20. The van der Waals surface area contributed by atoms with Crippen LogP contribution >= 0.6 is 11.6 Å². The van der Waals surface area contributed by atoms with Gasteiger partial charge in [0.05, 0.1) is 11.5 Å². The standard InChI is InChI=1S/C15H26ClNO2/c1-3-19-12-8-11(9-12)10-15(18)17(2)14-7-5-4-6-13(14)16/h11-14H,3-10H2,1-2H3. The van der Waals surface area contributed by atoms with Crippen LogP contribution in [-0.4, -0.2) is 42.0 Å². The normalized spacial score (nSPS) is 34.7. The molecule has 0 aromatic rings. The number of carbonyl (C=O) groups excluding carboxylic acids is 1. The SMILES string of the molecule is CCOC1CC(CC(=O)N(C)C2CCCCC2Cl)C1. The van der Waals surface area contributed by atoms with Crippen LogP contribution in [-0.2, 0) is 9.53 Å². The molecule has 2 aliphatic carbocycles. The van der Waals surface area contributed by atoms with E-state index in [1.807, 2.05) is 18.9 Å². The Kier molecular flexibility index (Phi) is 5.52. The lowest BCUT2D eigenvalue weighted by atomic mass is 9.79. The molecule has 3 nitrogen and oxygen atoms in total. The summed E-state index contributed by atoms with van der Waals surface area (Å²) < 4.78 is 5.54. The number of amides is 1. The highest BCUT2D eigenvalue weighted by Gasteiger charge is 2.34. The van der Waals surface area contributed by atoms with Gasteiger partial charge in [-0.05, 0) is 38.5 Å². The first kappa shape index (κ1) is 15.1. The maximum atomic E-state index is 12.3. The Morgan fingerprint density at radius 2 is 2.00 bits per heavy atom. The fraction of sp³-hybridized carbons (Fsp3) is 0.933. The van der Waals surface area contributed by atoms with Crippen molar-refractivity contribution < 1.29 is 9.53 Å². The van der Waals surface area contributed by atoms with Crippen molar-refractivity contribution in [1.29, 1.82) is 0 Å². The highest BCUT2D eigenvalue weighted by molar-refractivity contribution is 6.21. The number of hydrogen-bond acceptors (Lipinski definition) is 2.